The zero-order valence-electron chi connectivity index (χ0n) is 5.77. The van der Waals surface area contributed by atoms with Crippen LogP contribution in [0.5, 0.6) is 0 Å². The first-order valence-corrected chi connectivity index (χ1v) is 5.26. The summed E-state index contributed by atoms with van der Waals surface area (Å²) in [6.45, 7) is 0. The second-order valence-electron chi connectivity index (χ2n) is 1.91. The standard InChI is InChI=1S/C6H5IO3S.BrH/c7-5-3-1-2-4-6(5)11(8,9)10;/h1-4H,(H,8,9,10);1H. The second kappa shape index (κ2) is 4.54. The van der Waals surface area contributed by atoms with Crippen LogP contribution in [0, 0.1) is 3.57 Å². The average molecular weight is 365 g/mol. The van der Waals surface area contributed by atoms with Gasteiger partial charge in [-0.2, -0.15) is 8.42 Å². The summed E-state index contributed by atoms with van der Waals surface area (Å²) in [6.07, 6.45) is 0. The fourth-order valence-electron chi connectivity index (χ4n) is 0.654. The highest BCUT2D eigenvalue weighted by Gasteiger charge is 2.11. The van der Waals surface area contributed by atoms with Crippen molar-refractivity contribution in [1.82, 2.24) is 0 Å². The van der Waals surface area contributed by atoms with Crippen LogP contribution in [0.1, 0.15) is 0 Å². The summed E-state index contributed by atoms with van der Waals surface area (Å²) in [4.78, 5) is -0.0411. The first-order chi connectivity index (χ1) is 5.02. The molecular weight excluding hydrogens is 359 g/mol. The van der Waals surface area contributed by atoms with Gasteiger partial charge in [-0.05, 0) is 34.7 Å². The minimum Gasteiger partial charge on any atom is -0.282 e. The Morgan fingerprint density at radius 1 is 1.25 bits per heavy atom. The quantitative estimate of drug-likeness (QED) is 0.613. The molecule has 1 N–H and O–H groups in total. The molecule has 0 amide bonds. The molecule has 1 aromatic carbocycles. The van der Waals surface area contributed by atoms with Gasteiger partial charge in [0, 0.05) is 3.57 Å². The molecule has 0 saturated carbocycles. The third-order valence-corrected chi connectivity index (χ3v) is 3.33. The Hall–Kier alpha value is 0.340. The minimum absolute atomic E-state index is 0. The van der Waals surface area contributed by atoms with Crippen LogP contribution >= 0.6 is 39.6 Å². The Balaban J connectivity index is 0.00000121. The fraction of sp³-hybridized carbons (Fsp3) is 0. The number of hydrogen-bond acceptors (Lipinski definition) is 2. The van der Waals surface area contributed by atoms with Crippen LogP contribution < -0.4 is 0 Å². The second-order valence-corrected chi connectivity index (χ2v) is 4.46. The highest BCUT2D eigenvalue weighted by atomic mass is 127. The molecule has 0 aliphatic heterocycles. The Morgan fingerprint density at radius 3 is 2.08 bits per heavy atom. The smallest absolute Gasteiger partial charge is 0.282 e. The molecular formula is C6H6BrIO3S. The van der Waals surface area contributed by atoms with E-state index < -0.39 is 10.1 Å². The van der Waals surface area contributed by atoms with E-state index in [0.717, 1.165) is 0 Å². The zero-order valence-corrected chi connectivity index (χ0v) is 10.5. The van der Waals surface area contributed by atoms with Gasteiger partial charge in [0.05, 0.1) is 0 Å². The molecule has 0 radical (unpaired) electrons. The van der Waals surface area contributed by atoms with Gasteiger partial charge in [0.1, 0.15) is 4.90 Å². The molecule has 1 aromatic rings. The number of hydrogen-bond donors (Lipinski definition) is 1. The largest absolute Gasteiger partial charge is 0.295 e. The van der Waals surface area contributed by atoms with Crippen molar-refractivity contribution in [3.8, 4) is 0 Å². The van der Waals surface area contributed by atoms with Crippen LogP contribution in [0.15, 0.2) is 29.2 Å². The van der Waals surface area contributed by atoms with E-state index in [1.807, 2.05) is 22.6 Å². The summed E-state index contributed by atoms with van der Waals surface area (Å²) in [5.74, 6) is 0. The lowest BCUT2D eigenvalue weighted by Crippen LogP contribution is -1.99. The van der Waals surface area contributed by atoms with Gasteiger partial charge in [-0.1, -0.05) is 12.1 Å². The maximum Gasteiger partial charge on any atom is 0.295 e. The van der Waals surface area contributed by atoms with E-state index in [-0.39, 0.29) is 21.9 Å². The minimum atomic E-state index is -4.04. The van der Waals surface area contributed by atoms with Crippen molar-refractivity contribution in [3.63, 3.8) is 0 Å². The molecule has 1 rings (SSSR count). The van der Waals surface area contributed by atoms with Crippen molar-refractivity contribution in [3.05, 3.63) is 27.8 Å². The lowest BCUT2D eigenvalue weighted by molar-refractivity contribution is 0.482. The van der Waals surface area contributed by atoms with Crippen LogP contribution in [0.3, 0.4) is 0 Å². The summed E-state index contributed by atoms with van der Waals surface area (Å²) in [5, 5.41) is 0. The first kappa shape index (κ1) is 12.3. The molecule has 0 unspecified atom stereocenters. The number of rotatable bonds is 1. The van der Waals surface area contributed by atoms with Gasteiger partial charge in [-0.3, -0.25) is 4.55 Å². The Kier molecular flexibility index (Phi) is 4.67. The molecule has 68 valence electrons. The van der Waals surface area contributed by atoms with Crippen molar-refractivity contribution in [2.75, 3.05) is 0 Å². The summed E-state index contributed by atoms with van der Waals surface area (Å²) in [5.41, 5.74) is 0. The molecule has 0 heterocycles. The maximum absolute atomic E-state index is 10.6. The predicted molar refractivity (Wildman–Crippen MR) is 59.3 cm³/mol. The van der Waals surface area contributed by atoms with Crippen molar-refractivity contribution >= 4 is 49.7 Å². The van der Waals surface area contributed by atoms with E-state index in [9.17, 15) is 8.42 Å². The molecule has 0 bridgehead atoms. The molecule has 12 heavy (non-hydrogen) atoms. The van der Waals surface area contributed by atoms with Gasteiger partial charge in [0.2, 0.25) is 0 Å². The molecule has 0 aliphatic rings. The highest BCUT2D eigenvalue weighted by molar-refractivity contribution is 14.1. The topological polar surface area (TPSA) is 54.4 Å². The highest BCUT2D eigenvalue weighted by Crippen LogP contribution is 2.16. The molecule has 0 aromatic heterocycles. The van der Waals surface area contributed by atoms with Crippen molar-refractivity contribution in [1.29, 1.82) is 0 Å². The Morgan fingerprint density at radius 2 is 1.75 bits per heavy atom. The Bertz CT molecular complexity index is 363. The van der Waals surface area contributed by atoms with Gasteiger partial charge in [0.25, 0.3) is 10.1 Å². The van der Waals surface area contributed by atoms with Gasteiger partial charge < -0.3 is 0 Å². The molecule has 0 spiro atoms. The lowest BCUT2D eigenvalue weighted by Gasteiger charge is -1.97. The van der Waals surface area contributed by atoms with E-state index in [1.54, 1.807) is 18.2 Å². The summed E-state index contributed by atoms with van der Waals surface area (Å²) >= 11 is 1.85. The lowest BCUT2D eigenvalue weighted by atomic mass is 10.4. The van der Waals surface area contributed by atoms with Gasteiger partial charge in [-0.25, -0.2) is 0 Å². The molecule has 0 saturated heterocycles. The number of benzene rings is 1. The van der Waals surface area contributed by atoms with Gasteiger partial charge in [0.15, 0.2) is 0 Å². The van der Waals surface area contributed by atoms with E-state index in [4.69, 9.17) is 4.55 Å². The van der Waals surface area contributed by atoms with E-state index in [2.05, 4.69) is 0 Å². The summed E-state index contributed by atoms with van der Waals surface area (Å²) in [6, 6.07) is 6.24. The molecule has 0 aliphatic carbocycles. The normalized spacial score (nSPS) is 10.5. The monoisotopic (exact) mass is 364 g/mol. The van der Waals surface area contributed by atoms with Crippen LogP contribution in [-0.2, 0) is 10.1 Å². The Labute approximate surface area is 94.8 Å². The molecule has 0 fully saturated rings. The zero-order chi connectivity index (χ0) is 8.48. The molecule has 6 heteroatoms. The number of halogens is 2. The predicted octanol–water partition coefficient (Wildman–Crippen LogP) is 2.12. The summed E-state index contributed by atoms with van der Waals surface area (Å²) < 4.78 is 30.4. The third-order valence-electron chi connectivity index (χ3n) is 1.11. The SMILES string of the molecule is Br.O=S(=O)(O)c1ccccc1I. The maximum atomic E-state index is 10.6. The van der Waals surface area contributed by atoms with Crippen LogP contribution in [0.25, 0.3) is 0 Å². The van der Waals surface area contributed by atoms with Crippen molar-refractivity contribution < 1.29 is 13.0 Å². The van der Waals surface area contributed by atoms with Gasteiger partial charge >= 0.3 is 0 Å². The average Bonchev–Trinajstić information content (AvgIpc) is 1.86. The van der Waals surface area contributed by atoms with Crippen molar-refractivity contribution in [2.45, 2.75) is 4.90 Å². The summed E-state index contributed by atoms with van der Waals surface area (Å²) in [7, 11) is -4.04. The first-order valence-electron chi connectivity index (χ1n) is 2.74. The molecule has 3 nitrogen and oxygen atoms in total. The fourth-order valence-corrected chi connectivity index (χ4v) is 2.44. The van der Waals surface area contributed by atoms with Crippen LogP contribution in [0.4, 0.5) is 0 Å². The van der Waals surface area contributed by atoms with Crippen LogP contribution in [0.2, 0.25) is 0 Å². The van der Waals surface area contributed by atoms with E-state index in [1.165, 1.54) is 6.07 Å². The molecule has 0 atom stereocenters. The van der Waals surface area contributed by atoms with Gasteiger partial charge in [-0.15, -0.1) is 17.0 Å². The van der Waals surface area contributed by atoms with Crippen molar-refractivity contribution in [2.24, 2.45) is 0 Å². The van der Waals surface area contributed by atoms with E-state index >= 15 is 0 Å². The third kappa shape index (κ3) is 3.00. The van der Waals surface area contributed by atoms with Crippen LogP contribution in [-0.4, -0.2) is 13.0 Å². The van der Waals surface area contributed by atoms with E-state index in [0.29, 0.717) is 3.57 Å².